The maximum absolute atomic E-state index is 10.5. The van der Waals surface area contributed by atoms with Crippen LogP contribution in [0.25, 0.3) is 0 Å². The van der Waals surface area contributed by atoms with Crippen molar-refractivity contribution in [2.45, 2.75) is 24.9 Å². The molecule has 0 bridgehead atoms. The lowest BCUT2D eigenvalue weighted by molar-refractivity contribution is 0.0406. The van der Waals surface area contributed by atoms with E-state index in [1.54, 1.807) is 11.3 Å². The minimum Gasteiger partial charge on any atom is -0.389 e. The molecule has 82 valence electrons. The van der Waals surface area contributed by atoms with Gasteiger partial charge in [-0.2, -0.15) is 0 Å². The Morgan fingerprint density at radius 1 is 1.40 bits per heavy atom. The van der Waals surface area contributed by atoms with Gasteiger partial charge < -0.3 is 10.4 Å². The molecule has 1 aliphatic heterocycles. The third-order valence-electron chi connectivity index (χ3n) is 3.85. The number of rotatable bonds is 2. The zero-order valence-corrected chi connectivity index (χ0v) is 9.59. The number of thiophene rings is 1. The van der Waals surface area contributed by atoms with Gasteiger partial charge in [-0.1, -0.05) is 6.07 Å². The average Bonchev–Trinajstić information content (AvgIpc) is 2.80. The molecule has 0 spiro atoms. The van der Waals surface area contributed by atoms with Gasteiger partial charge in [0.25, 0.3) is 0 Å². The first kappa shape index (κ1) is 9.82. The highest BCUT2D eigenvalue weighted by atomic mass is 32.1. The number of nitrogens with one attached hydrogen (secondary N) is 1. The van der Waals surface area contributed by atoms with Crippen LogP contribution in [-0.2, 0) is 6.42 Å². The van der Waals surface area contributed by atoms with Crippen molar-refractivity contribution in [3.63, 3.8) is 0 Å². The van der Waals surface area contributed by atoms with E-state index in [0.717, 1.165) is 44.2 Å². The summed E-state index contributed by atoms with van der Waals surface area (Å²) in [6.07, 6.45) is 2.84. The Morgan fingerprint density at radius 3 is 2.73 bits per heavy atom. The highest BCUT2D eigenvalue weighted by Gasteiger charge is 2.45. The zero-order chi connectivity index (χ0) is 10.3. The van der Waals surface area contributed by atoms with E-state index in [-0.39, 0.29) is 0 Å². The Morgan fingerprint density at radius 2 is 2.13 bits per heavy atom. The van der Waals surface area contributed by atoms with Crippen LogP contribution < -0.4 is 5.32 Å². The van der Waals surface area contributed by atoms with Crippen LogP contribution in [-0.4, -0.2) is 23.8 Å². The van der Waals surface area contributed by atoms with E-state index in [1.807, 2.05) is 0 Å². The number of hydrogen-bond acceptors (Lipinski definition) is 3. The van der Waals surface area contributed by atoms with Gasteiger partial charge in [-0.05, 0) is 49.2 Å². The van der Waals surface area contributed by atoms with Gasteiger partial charge >= 0.3 is 0 Å². The van der Waals surface area contributed by atoms with Gasteiger partial charge in [0.05, 0.1) is 5.60 Å². The van der Waals surface area contributed by atoms with Gasteiger partial charge in [0.1, 0.15) is 0 Å². The van der Waals surface area contributed by atoms with Crippen molar-refractivity contribution < 1.29 is 5.11 Å². The van der Waals surface area contributed by atoms with Crippen molar-refractivity contribution in [3.8, 4) is 0 Å². The summed E-state index contributed by atoms with van der Waals surface area (Å²) >= 11 is 1.76. The lowest BCUT2D eigenvalue weighted by Gasteiger charge is -2.23. The van der Waals surface area contributed by atoms with Crippen LogP contribution in [0.1, 0.15) is 17.7 Å². The largest absolute Gasteiger partial charge is 0.389 e. The molecule has 0 radical (unpaired) electrons. The molecule has 3 rings (SSSR count). The van der Waals surface area contributed by atoms with E-state index >= 15 is 0 Å². The molecule has 1 saturated heterocycles. The lowest BCUT2D eigenvalue weighted by atomic mass is 9.95. The molecule has 2 N–H and O–H groups in total. The van der Waals surface area contributed by atoms with Gasteiger partial charge in [-0.15, -0.1) is 11.3 Å². The highest BCUT2D eigenvalue weighted by Crippen LogP contribution is 2.43. The van der Waals surface area contributed by atoms with Gasteiger partial charge in [0, 0.05) is 11.3 Å². The molecule has 2 aliphatic rings. The molecule has 1 aromatic heterocycles. The van der Waals surface area contributed by atoms with Crippen molar-refractivity contribution in [1.82, 2.24) is 5.32 Å². The van der Waals surface area contributed by atoms with Crippen molar-refractivity contribution in [2.75, 3.05) is 13.1 Å². The van der Waals surface area contributed by atoms with E-state index in [4.69, 9.17) is 0 Å². The fourth-order valence-electron chi connectivity index (χ4n) is 3.21. The Kier molecular flexibility index (Phi) is 2.34. The maximum atomic E-state index is 10.5. The molecule has 2 heterocycles. The first-order chi connectivity index (χ1) is 7.25. The normalized spacial score (nSPS) is 39.5. The fraction of sp³-hybridized carbons (Fsp3) is 0.667. The van der Waals surface area contributed by atoms with Crippen molar-refractivity contribution >= 4 is 11.3 Å². The van der Waals surface area contributed by atoms with E-state index in [9.17, 15) is 5.11 Å². The topological polar surface area (TPSA) is 32.3 Å². The Balaban J connectivity index is 1.71. The van der Waals surface area contributed by atoms with Gasteiger partial charge in [0.2, 0.25) is 0 Å². The molecule has 0 aromatic carbocycles. The lowest BCUT2D eigenvalue weighted by Crippen LogP contribution is -2.30. The standard InChI is InChI=1S/C12H17NOS/c14-12(6-11-2-1-3-15-11)4-9-7-13-8-10(9)5-12/h1-3,9-10,13-14H,4-8H2. The highest BCUT2D eigenvalue weighted by molar-refractivity contribution is 7.09. The second-order valence-electron chi connectivity index (χ2n) is 5.07. The summed E-state index contributed by atoms with van der Waals surface area (Å²) in [5.41, 5.74) is -0.414. The van der Waals surface area contributed by atoms with Gasteiger partial charge in [0.15, 0.2) is 0 Å². The molecule has 2 unspecified atom stereocenters. The number of fused-ring (bicyclic) bond motifs is 1. The SMILES string of the molecule is OC1(Cc2cccs2)CC2CNCC2C1. The second kappa shape index (κ2) is 3.58. The summed E-state index contributed by atoms with van der Waals surface area (Å²) in [6, 6.07) is 4.20. The molecule has 0 amide bonds. The zero-order valence-electron chi connectivity index (χ0n) is 8.78. The Hall–Kier alpha value is -0.380. The van der Waals surface area contributed by atoms with Crippen LogP contribution in [0.4, 0.5) is 0 Å². The minimum atomic E-state index is -0.414. The summed E-state index contributed by atoms with van der Waals surface area (Å²) in [6.45, 7) is 2.22. The van der Waals surface area contributed by atoms with Crippen molar-refractivity contribution in [3.05, 3.63) is 22.4 Å². The number of hydrogen-bond donors (Lipinski definition) is 2. The monoisotopic (exact) mass is 223 g/mol. The van der Waals surface area contributed by atoms with Crippen molar-refractivity contribution in [2.24, 2.45) is 11.8 Å². The first-order valence-electron chi connectivity index (χ1n) is 5.71. The summed E-state index contributed by atoms with van der Waals surface area (Å²) in [4.78, 5) is 1.32. The van der Waals surface area contributed by atoms with E-state index in [2.05, 4.69) is 22.8 Å². The Bertz CT molecular complexity index is 323. The molecule has 2 nitrogen and oxygen atoms in total. The molecule has 1 aromatic rings. The van der Waals surface area contributed by atoms with Crippen molar-refractivity contribution in [1.29, 1.82) is 0 Å². The van der Waals surface area contributed by atoms with Crippen LogP contribution in [0.5, 0.6) is 0 Å². The van der Waals surface area contributed by atoms with Crippen LogP contribution in [0.15, 0.2) is 17.5 Å². The second-order valence-corrected chi connectivity index (χ2v) is 6.10. The molecule has 1 saturated carbocycles. The molecule has 1 aliphatic carbocycles. The smallest absolute Gasteiger partial charge is 0.0702 e. The van der Waals surface area contributed by atoms with Crippen LogP contribution >= 0.6 is 11.3 Å². The quantitative estimate of drug-likeness (QED) is 0.799. The van der Waals surface area contributed by atoms with E-state index < -0.39 is 5.60 Å². The molecular formula is C12H17NOS. The van der Waals surface area contributed by atoms with Crippen LogP contribution in [0.2, 0.25) is 0 Å². The summed E-state index contributed by atoms with van der Waals surface area (Å²) in [5.74, 6) is 1.44. The molecule has 3 heteroatoms. The van der Waals surface area contributed by atoms with E-state index in [1.165, 1.54) is 4.88 Å². The first-order valence-corrected chi connectivity index (χ1v) is 6.59. The molecule has 2 fully saturated rings. The van der Waals surface area contributed by atoms with E-state index in [0.29, 0.717) is 0 Å². The fourth-order valence-corrected chi connectivity index (χ4v) is 4.05. The summed E-state index contributed by atoms with van der Waals surface area (Å²) in [7, 11) is 0. The van der Waals surface area contributed by atoms with Crippen LogP contribution in [0, 0.1) is 11.8 Å². The average molecular weight is 223 g/mol. The molecule has 2 atom stereocenters. The summed E-state index contributed by atoms with van der Waals surface area (Å²) < 4.78 is 0. The molecule has 15 heavy (non-hydrogen) atoms. The van der Waals surface area contributed by atoms with Gasteiger partial charge in [-0.3, -0.25) is 0 Å². The third-order valence-corrected chi connectivity index (χ3v) is 4.72. The maximum Gasteiger partial charge on any atom is 0.0702 e. The minimum absolute atomic E-state index is 0.414. The summed E-state index contributed by atoms with van der Waals surface area (Å²) in [5, 5.41) is 16.1. The predicted octanol–water partition coefficient (Wildman–Crippen LogP) is 1.65. The molecular weight excluding hydrogens is 206 g/mol. The predicted molar refractivity (Wildman–Crippen MR) is 62.1 cm³/mol. The van der Waals surface area contributed by atoms with Crippen LogP contribution in [0.3, 0.4) is 0 Å². The number of aliphatic hydroxyl groups is 1. The third kappa shape index (κ3) is 1.84. The Labute approximate surface area is 94.3 Å². The van der Waals surface area contributed by atoms with Gasteiger partial charge in [-0.25, -0.2) is 0 Å².